The molecule has 0 saturated carbocycles. The van der Waals surface area contributed by atoms with Crippen molar-refractivity contribution in [2.45, 2.75) is 50.6 Å². The van der Waals surface area contributed by atoms with Gasteiger partial charge in [0.2, 0.25) is 15.9 Å². The molecule has 1 atom stereocenters. The topological polar surface area (TPSA) is 62.6 Å². The Bertz CT molecular complexity index is 916. The van der Waals surface area contributed by atoms with Crippen molar-refractivity contribution in [2.75, 3.05) is 13.1 Å². The summed E-state index contributed by atoms with van der Waals surface area (Å²) < 4.78 is 28.9. The molecule has 6 nitrogen and oxygen atoms in total. The highest BCUT2D eigenvalue weighted by Gasteiger charge is 2.35. The predicted octanol–water partition coefficient (Wildman–Crippen LogP) is 3.25. The Morgan fingerprint density at radius 2 is 1.83 bits per heavy atom. The molecule has 29 heavy (non-hydrogen) atoms. The van der Waals surface area contributed by atoms with E-state index in [1.165, 1.54) is 4.31 Å². The van der Waals surface area contributed by atoms with Gasteiger partial charge in [-0.15, -0.1) is 0 Å². The summed E-state index contributed by atoms with van der Waals surface area (Å²) in [5.74, 6) is 0.00916. The van der Waals surface area contributed by atoms with E-state index in [4.69, 9.17) is 0 Å². The largest absolute Gasteiger partial charge is 0.356 e. The molecule has 3 rings (SSSR count). The maximum atomic E-state index is 13.3. The number of rotatable bonds is 7. The van der Waals surface area contributed by atoms with E-state index in [0.717, 1.165) is 12.0 Å². The number of benzene rings is 1. The van der Waals surface area contributed by atoms with Gasteiger partial charge in [0.05, 0.1) is 4.90 Å². The van der Waals surface area contributed by atoms with Crippen LogP contribution in [0.3, 0.4) is 0 Å². The molecule has 1 fully saturated rings. The van der Waals surface area contributed by atoms with Crippen LogP contribution in [-0.2, 0) is 28.4 Å². The van der Waals surface area contributed by atoms with Crippen molar-refractivity contribution < 1.29 is 13.2 Å². The number of sulfonamides is 1. The minimum absolute atomic E-state index is 0.130. The van der Waals surface area contributed by atoms with Gasteiger partial charge in [-0.05, 0) is 37.8 Å². The SMILES string of the molecule is CCC(C)N(Cc1ccccc1)C(=O)C1CCN(S(=O)(=O)c2ccn(C)c2)CC1. The summed E-state index contributed by atoms with van der Waals surface area (Å²) in [6.45, 7) is 5.53. The lowest BCUT2D eigenvalue weighted by Crippen LogP contribution is -2.46. The molecule has 1 unspecified atom stereocenters. The minimum Gasteiger partial charge on any atom is -0.356 e. The summed E-state index contributed by atoms with van der Waals surface area (Å²) in [5, 5.41) is 0. The van der Waals surface area contributed by atoms with E-state index in [2.05, 4.69) is 13.8 Å². The lowest BCUT2D eigenvalue weighted by molar-refractivity contribution is -0.139. The number of nitrogens with zero attached hydrogens (tertiary/aromatic N) is 3. The summed E-state index contributed by atoms with van der Waals surface area (Å²) in [6, 6.07) is 11.8. The van der Waals surface area contributed by atoms with Gasteiger partial charge in [0, 0.05) is 51.0 Å². The van der Waals surface area contributed by atoms with Crippen molar-refractivity contribution in [1.82, 2.24) is 13.8 Å². The molecule has 0 bridgehead atoms. The van der Waals surface area contributed by atoms with Crippen LogP contribution in [0.15, 0.2) is 53.7 Å². The number of hydrogen-bond acceptors (Lipinski definition) is 3. The van der Waals surface area contributed by atoms with Gasteiger partial charge in [-0.25, -0.2) is 8.42 Å². The van der Waals surface area contributed by atoms with Crippen LogP contribution in [0, 0.1) is 5.92 Å². The molecular weight excluding hydrogens is 386 g/mol. The molecule has 1 saturated heterocycles. The normalized spacial score (nSPS) is 17.2. The number of piperidine rings is 1. The molecule has 1 amide bonds. The van der Waals surface area contributed by atoms with Crippen molar-refractivity contribution in [2.24, 2.45) is 13.0 Å². The van der Waals surface area contributed by atoms with E-state index < -0.39 is 10.0 Å². The average Bonchev–Trinajstić information content (AvgIpc) is 3.19. The Balaban J connectivity index is 1.67. The van der Waals surface area contributed by atoms with Crippen molar-refractivity contribution in [1.29, 1.82) is 0 Å². The fourth-order valence-corrected chi connectivity index (χ4v) is 5.33. The smallest absolute Gasteiger partial charge is 0.244 e. The molecular formula is C22H31N3O3S. The number of hydrogen-bond donors (Lipinski definition) is 0. The summed E-state index contributed by atoms with van der Waals surface area (Å²) in [7, 11) is -1.69. The molecule has 2 aromatic rings. The van der Waals surface area contributed by atoms with Crippen LogP contribution in [0.25, 0.3) is 0 Å². The van der Waals surface area contributed by atoms with Gasteiger partial charge < -0.3 is 9.47 Å². The molecule has 1 aliphatic rings. The molecule has 1 aliphatic heterocycles. The third-order valence-electron chi connectivity index (χ3n) is 5.85. The Kier molecular flexibility index (Phi) is 6.80. The Labute approximate surface area is 174 Å². The van der Waals surface area contributed by atoms with Crippen molar-refractivity contribution in [3.8, 4) is 0 Å². The molecule has 2 heterocycles. The van der Waals surface area contributed by atoms with Crippen LogP contribution >= 0.6 is 0 Å². The Morgan fingerprint density at radius 3 is 2.38 bits per heavy atom. The van der Waals surface area contributed by atoms with E-state index >= 15 is 0 Å². The van der Waals surface area contributed by atoms with Gasteiger partial charge in [0.15, 0.2) is 0 Å². The second kappa shape index (κ2) is 9.13. The molecule has 0 spiro atoms. The van der Waals surface area contributed by atoms with Crippen LogP contribution in [0.2, 0.25) is 0 Å². The van der Waals surface area contributed by atoms with Gasteiger partial charge >= 0.3 is 0 Å². The van der Waals surface area contributed by atoms with E-state index in [0.29, 0.717) is 37.4 Å². The summed E-state index contributed by atoms with van der Waals surface area (Å²) in [4.78, 5) is 15.6. The highest BCUT2D eigenvalue weighted by atomic mass is 32.2. The second-order valence-electron chi connectivity index (χ2n) is 7.90. The predicted molar refractivity (Wildman–Crippen MR) is 114 cm³/mol. The standard InChI is InChI=1S/C22H31N3O3S/c1-4-18(2)25(16-19-8-6-5-7-9-19)22(26)20-10-14-24(15-11-20)29(27,28)21-12-13-23(3)17-21/h5-9,12-13,17-18,20H,4,10-11,14-16H2,1-3H3. The van der Waals surface area contributed by atoms with Crippen LogP contribution in [0.5, 0.6) is 0 Å². The fourth-order valence-electron chi connectivity index (χ4n) is 3.81. The average molecular weight is 418 g/mol. The minimum atomic E-state index is -3.49. The Morgan fingerprint density at radius 1 is 1.17 bits per heavy atom. The second-order valence-corrected chi connectivity index (χ2v) is 9.84. The first-order chi connectivity index (χ1) is 13.8. The number of aromatic nitrogens is 1. The lowest BCUT2D eigenvalue weighted by Gasteiger charge is -2.36. The van der Waals surface area contributed by atoms with E-state index in [1.807, 2.05) is 35.2 Å². The number of carbonyl (C=O) groups is 1. The summed E-state index contributed by atoms with van der Waals surface area (Å²) >= 11 is 0. The third-order valence-corrected chi connectivity index (χ3v) is 7.73. The van der Waals surface area contributed by atoms with Crippen LogP contribution < -0.4 is 0 Å². The zero-order valence-corrected chi connectivity index (χ0v) is 18.3. The number of amides is 1. The molecule has 0 aliphatic carbocycles. The number of carbonyl (C=O) groups excluding carboxylic acids is 1. The third kappa shape index (κ3) is 4.90. The highest BCUT2D eigenvalue weighted by Crippen LogP contribution is 2.26. The van der Waals surface area contributed by atoms with E-state index in [1.54, 1.807) is 30.1 Å². The van der Waals surface area contributed by atoms with Gasteiger partial charge in [-0.1, -0.05) is 37.3 Å². The van der Waals surface area contributed by atoms with Crippen LogP contribution in [0.4, 0.5) is 0 Å². The first-order valence-electron chi connectivity index (χ1n) is 10.3. The lowest BCUT2D eigenvalue weighted by atomic mass is 9.95. The zero-order chi connectivity index (χ0) is 21.0. The van der Waals surface area contributed by atoms with Gasteiger partial charge in [-0.3, -0.25) is 4.79 Å². The summed E-state index contributed by atoms with van der Waals surface area (Å²) in [5.41, 5.74) is 1.12. The van der Waals surface area contributed by atoms with Crippen molar-refractivity contribution in [3.05, 3.63) is 54.4 Å². The molecule has 1 aromatic heterocycles. The highest BCUT2D eigenvalue weighted by molar-refractivity contribution is 7.89. The quantitative estimate of drug-likeness (QED) is 0.695. The first kappa shape index (κ1) is 21.6. The molecule has 0 N–H and O–H groups in total. The summed E-state index contributed by atoms with van der Waals surface area (Å²) in [6.07, 6.45) is 5.37. The van der Waals surface area contributed by atoms with Gasteiger partial charge in [0.25, 0.3) is 0 Å². The van der Waals surface area contributed by atoms with Gasteiger partial charge in [0.1, 0.15) is 0 Å². The molecule has 158 valence electrons. The van der Waals surface area contributed by atoms with E-state index in [-0.39, 0.29) is 17.9 Å². The van der Waals surface area contributed by atoms with Gasteiger partial charge in [-0.2, -0.15) is 4.31 Å². The van der Waals surface area contributed by atoms with Crippen LogP contribution in [0.1, 0.15) is 38.7 Å². The number of aryl methyl sites for hydroxylation is 1. The Hall–Kier alpha value is -2.12. The van der Waals surface area contributed by atoms with E-state index in [9.17, 15) is 13.2 Å². The maximum Gasteiger partial charge on any atom is 0.244 e. The first-order valence-corrected chi connectivity index (χ1v) is 11.7. The van der Waals surface area contributed by atoms with Crippen LogP contribution in [-0.4, -0.2) is 47.2 Å². The molecule has 1 aromatic carbocycles. The fraction of sp³-hybridized carbons (Fsp3) is 0.500. The monoisotopic (exact) mass is 417 g/mol. The van der Waals surface area contributed by atoms with Crippen molar-refractivity contribution >= 4 is 15.9 Å². The maximum absolute atomic E-state index is 13.3. The van der Waals surface area contributed by atoms with Crippen molar-refractivity contribution in [3.63, 3.8) is 0 Å². The molecule has 0 radical (unpaired) electrons. The molecule has 7 heteroatoms. The zero-order valence-electron chi connectivity index (χ0n) is 17.5.